The molecule has 0 spiro atoms. The first kappa shape index (κ1) is 12.6. The van der Waals surface area contributed by atoms with E-state index in [1.807, 2.05) is 25.3 Å². The van der Waals surface area contributed by atoms with Crippen LogP contribution in [0.5, 0.6) is 0 Å². The molecule has 0 aliphatic heterocycles. The number of benzene rings is 1. The molecule has 0 radical (unpaired) electrons. The highest BCUT2D eigenvalue weighted by molar-refractivity contribution is 7.11. The quantitative estimate of drug-likeness (QED) is 0.913. The smallest absolute Gasteiger partial charge is 0.107 e. The molecule has 2 nitrogen and oxygen atoms in total. The van der Waals surface area contributed by atoms with E-state index in [0.717, 1.165) is 28.7 Å². The summed E-state index contributed by atoms with van der Waals surface area (Å²) in [6.45, 7) is 5.71. The predicted molar refractivity (Wildman–Crippen MR) is 73.6 cm³/mol. The molecular weight excluding hydrogens is 252 g/mol. The van der Waals surface area contributed by atoms with Crippen molar-refractivity contribution in [1.82, 2.24) is 10.3 Å². The fourth-order valence-corrected chi connectivity index (χ4v) is 2.50. The number of thiazole rings is 1. The summed E-state index contributed by atoms with van der Waals surface area (Å²) in [5.74, 6) is 0. The van der Waals surface area contributed by atoms with Crippen molar-refractivity contribution in [3.05, 3.63) is 50.4 Å². The molecule has 0 saturated carbocycles. The second-order valence-electron chi connectivity index (χ2n) is 4.05. The normalized spacial score (nSPS) is 10.8. The van der Waals surface area contributed by atoms with Crippen molar-refractivity contribution in [3.63, 3.8) is 0 Å². The molecule has 1 heterocycles. The highest BCUT2D eigenvalue weighted by atomic mass is 35.5. The maximum Gasteiger partial charge on any atom is 0.107 e. The van der Waals surface area contributed by atoms with Crippen LogP contribution in [0.25, 0.3) is 0 Å². The summed E-state index contributed by atoms with van der Waals surface area (Å²) >= 11 is 7.80. The average Bonchev–Trinajstić information content (AvgIpc) is 2.70. The van der Waals surface area contributed by atoms with E-state index in [0.29, 0.717) is 0 Å². The van der Waals surface area contributed by atoms with Crippen molar-refractivity contribution in [2.24, 2.45) is 0 Å². The molecule has 1 aromatic carbocycles. The third-order valence-electron chi connectivity index (χ3n) is 2.51. The van der Waals surface area contributed by atoms with Crippen molar-refractivity contribution < 1.29 is 0 Å². The average molecular weight is 267 g/mol. The van der Waals surface area contributed by atoms with Crippen molar-refractivity contribution in [3.8, 4) is 0 Å². The van der Waals surface area contributed by atoms with Crippen molar-refractivity contribution >= 4 is 22.9 Å². The van der Waals surface area contributed by atoms with Gasteiger partial charge < -0.3 is 5.32 Å². The number of aryl methyl sites for hydroxylation is 2. The molecule has 0 saturated heterocycles. The lowest BCUT2D eigenvalue weighted by atomic mass is 10.1. The van der Waals surface area contributed by atoms with Gasteiger partial charge in [-0.2, -0.15) is 0 Å². The first-order valence-corrected chi connectivity index (χ1v) is 6.71. The minimum Gasteiger partial charge on any atom is -0.306 e. The van der Waals surface area contributed by atoms with Crippen molar-refractivity contribution in [2.75, 3.05) is 0 Å². The first-order chi connectivity index (χ1) is 8.15. The summed E-state index contributed by atoms with van der Waals surface area (Å²) in [7, 11) is 0. The molecule has 0 bridgehead atoms. The van der Waals surface area contributed by atoms with Crippen LogP contribution in [0.3, 0.4) is 0 Å². The first-order valence-electron chi connectivity index (χ1n) is 5.52. The Morgan fingerprint density at radius 3 is 2.76 bits per heavy atom. The van der Waals surface area contributed by atoms with Crippen LogP contribution in [-0.2, 0) is 13.1 Å². The molecule has 4 heteroatoms. The zero-order valence-corrected chi connectivity index (χ0v) is 11.5. The van der Waals surface area contributed by atoms with Gasteiger partial charge in [0, 0.05) is 29.2 Å². The van der Waals surface area contributed by atoms with Gasteiger partial charge in [-0.05, 0) is 31.0 Å². The van der Waals surface area contributed by atoms with Crippen LogP contribution in [0.4, 0.5) is 0 Å². The summed E-state index contributed by atoms with van der Waals surface area (Å²) in [5, 5.41) is 5.32. The molecule has 2 rings (SSSR count). The molecule has 2 aromatic rings. The molecule has 1 aromatic heterocycles. The zero-order chi connectivity index (χ0) is 12.3. The standard InChI is InChI=1S/C13H15ClN2S/c1-9-3-4-11(5-12(9)14)7-15-8-13-16-6-10(2)17-13/h3-6,15H,7-8H2,1-2H3. The summed E-state index contributed by atoms with van der Waals surface area (Å²) in [6.07, 6.45) is 1.91. The van der Waals surface area contributed by atoms with Crippen LogP contribution < -0.4 is 5.32 Å². The highest BCUT2D eigenvalue weighted by Gasteiger charge is 2.00. The largest absolute Gasteiger partial charge is 0.306 e. The van der Waals surface area contributed by atoms with Gasteiger partial charge in [-0.3, -0.25) is 0 Å². The Hall–Kier alpha value is -0.900. The molecule has 0 atom stereocenters. The second kappa shape index (κ2) is 5.63. The van der Waals surface area contributed by atoms with Gasteiger partial charge in [0.15, 0.2) is 0 Å². The van der Waals surface area contributed by atoms with E-state index in [9.17, 15) is 0 Å². The predicted octanol–water partition coefficient (Wildman–Crippen LogP) is 3.70. The van der Waals surface area contributed by atoms with Crippen LogP contribution in [0.15, 0.2) is 24.4 Å². The lowest BCUT2D eigenvalue weighted by molar-refractivity contribution is 0.690. The van der Waals surface area contributed by atoms with Crippen LogP contribution in [0, 0.1) is 13.8 Å². The van der Waals surface area contributed by atoms with Gasteiger partial charge in [0.1, 0.15) is 5.01 Å². The Labute approximate surface area is 111 Å². The minimum absolute atomic E-state index is 0.810. The van der Waals surface area contributed by atoms with Crippen molar-refractivity contribution in [2.45, 2.75) is 26.9 Å². The van der Waals surface area contributed by atoms with Gasteiger partial charge in [-0.25, -0.2) is 4.98 Å². The molecule has 0 unspecified atom stereocenters. The number of hydrogen-bond donors (Lipinski definition) is 1. The lowest BCUT2D eigenvalue weighted by Gasteiger charge is -2.05. The number of nitrogens with zero attached hydrogens (tertiary/aromatic N) is 1. The molecule has 0 aliphatic carbocycles. The summed E-state index contributed by atoms with van der Waals surface area (Å²) in [4.78, 5) is 5.56. The van der Waals surface area contributed by atoms with Crippen LogP contribution in [-0.4, -0.2) is 4.98 Å². The van der Waals surface area contributed by atoms with E-state index in [-0.39, 0.29) is 0 Å². The van der Waals surface area contributed by atoms with E-state index in [1.54, 1.807) is 11.3 Å². The van der Waals surface area contributed by atoms with E-state index in [1.165, 1.54) is 10.4 Å². The van der Waals surface area contributed by atoms with Gasteiger partial charge in [0.25, 0.3) is 0 Å². The van der Waals surface area contributed by atoms with Gasteiger partial charge in [-0.1, -0.05) is 23.7 Å². The number of hydrogen-bond acceptors (Lipinski definition) is 3. The summed E-state index contributed by atoms with van der Waals surface area (Å²) < 4.78 is 0. The third kappa shape index (κ3) is 3.53. The van der Waals surface area contributed by atoms with E-state index < -0.39 is 0 Å². The van der Waals surface area contributed by atoms with Crippen molar-refractivity contribution in [1.29, 1.82) is 0 Å². The number of nitrogens with one attached hydrogen (secondary N) is 1. The van der Waals surface area contributed by atoms with Gasteiger partial charge in [-0.15, -0.1) is 11.3 Å². The summed E-state index contributed by atoms with van der Waals surface area (Å²) in [6, 6.07) is 6.16. The number of rotatable bonds is 4. The number of aromatic nitrogens is 1. The Balaban J connectivity index is 1.87. The molecule has 0 aliphatic rings. The Morgan fingerprint density at radius 2 is 2.12 bits per heavy atom. The van der Waals surface area contributed by atoms with Crippen LogP contribution in [0.2, 0.25) is 5.02 Å². The zero-order valence-electron chi connectivity index (χ0n) is 9.96. The highest BCUT2D eigenvalue weighted by Crippen LogP contribution is 2.17. The SMILES string of the molecule is Cc1cnc(CNCc2ccc(C)c(Cl)c2)s1. The molecule has 1 N–H and O–H groups in total. The maximum absolute atomic E-state index is 6.08. The molecule has 0 amide bonds. The van der Waals surface area contributed by atoms with Gasteiger partial charge >= 0.3 is 0 Å². The van der Waals surface area contributed by atoms with Crippen LogP contribution in [0.1, 0.15) is 21.0 Å². The third-order valence-corrected chi connectivity index (χ3v) is 3.83. The van der Waals surface area contributed by atoms with E-state index in [4.69, 9.17) is 11.6 Å². The topological polar surface area (TPSA) is 24.9 Å². The molecule has 90 valence electrons. The molecule has 17 heavy (non-hydrogen) atoms. The van der Waals surface area contributed by atoms with Gasteiger partial charge in [0.2, 0.25) is 0 Å². The van der Waals surface area contributed by atoms with Gasteiger partial charge in [0.05, 0.1) is 0 Å². The minimum atomic E-state index is 0.810. The van der Waals surface area contributed by atoms with Crippen LogP contribution >= 0.6 is 22.9 Å². The second-order valence-corrected chi connectivity index (χ2v) is 5.78. The monoisotopic (exact) mass is 266 g/mol. The summed E-state index contributed by atoms with van der Waals surface area (Å²) in [5.41, 5.74) is 2.32. The Kier molecular flexibility index (Phi) is 4.15. The Morgan fingerprint density at radius 1 is 1.29 bits per heavy atom. The van der Waals surface area contributed by atoms with E-state index >= 15 is 0 Å². The molecule has 0 fully saturated rings. The maximum atomic E-state index is 6.08. The Bertz CT molecular complexity index is 508. The molecular formula is C13H15ClN2S. The lowest BCUT2D eigenvalue weighted by Crippen LogP contribution is -2.12. The fourth-order valence-electron chi connectivity index (χ4n) is 1.54. The number of halogens is 1. The fraction of sp³-hybridized carbons (Fsp3) is 0.308. The van der Waals surface area contributed by atoms with E-state index in [2.05, 4.69) is 23.3 Å².